The monoisotopic (exact) mass is 689 g/mol. The van der Waals surface area contributed by atoms with Crippen LogP contribution >= 0.6 is 34.5 Å². The van der Waals surface area contributed by atoms with Gasteiger partial charge in [0.25, 0.3) is 5.91 Å². The molecule has 2 aliphatic heterocycles. The number of hydrogen-bond acceptors (Lipinski definition) is 9. The van der Waals surface area contributed by atoms with Gasteiger partial charge in [-0.15, -0.1) is 0 Å². The third-order valence-corrected chi connectivity index (χ3v) is 13.5. The Morgan fingerprint density at radius 3 is 2.53 bits per heavy atom. The molecule has 45 heavy (non-hydrogen) atoms. The lowest BCUT2D eigenvalue weighted by molar-refractivity contribution is 0.0980. The number of carbonyl (C=O) groups is 1. The Morgan fingerprint density at radius 2 is 1.87 bits per heavy atom. The summed E-state index contributed by atoms with van der Waals surface area (Å²) in [4.78, 5) is 19.6. The standard InChI is InChI=1S/C31H30Cl2FN5O4S2/c1-31(7-8-31)45(41,42)38-29(40)16-9-23(34)27-24(10-16)44-30(36-27)39-18-11-17(12-19(39)13-18)35-14-20-26(37-43-28(20)15-5-6-15)25-21(32)3-2-4-22(25)33/h2-4,9-10,15,17-19,35H,5-8,11-14H2,1H3,(H,38,40). The van der Waals surface area contributed by atoms with Gasteiger partial charge in [-0.2, -0.15) is 0 Å². The summed E-state index contributed by atoms with van der Waals surface area (Å²) in [6.45, 7) is 2.18. The molecule has 4 aromatic rings. The van der Waals surface area contributed by atoms with E-state index in [1.54, 1.807) is 19.1 Å². The van der Waals surface area contributed by atoms with Crippen molar-refractivity contribution in [3.05, 3.63) is 63.1 Å². The highest BCUT2D eigenvalue weighted by atomic mass is 35.5. The second kappa shape index (κ2) is 10.6. The van der Waals surface area contributed by atoms with Gasteiger partial charge in [0.1, 0.15) is 17.0 Å². The lowest BCUT2D eigenvalue weighted by Gasteiger charge is -2.55. The zero-order chi connectivity index (χ0) is 31.2. The Labute approximate surface area is 273 Å². The number of fused-ring (bicyclic) bond motifs is 3. The van der Waals surface area contributed by atoms with Gasteiger partial charge in [0, 0.05) is 47.3 Å². The molecule has 14 heteroatoms. The van der Waals surface area contributed by atoms with Crippen LogP contribution < -0.4 is 14.9 Å². The van der Waals surface area contributed by atoms with E-state index in [1.807, 2.05) is 6.07 Å². The molecule has 2 unspecified atom stereocenters. The predicted molar refractivity (Wildman–Crippen MR) is 172 cm³/mol. The molecular weight excluding hydrogens is 660 g/mol. The second-order valence-electron chi connectivity index (χ2n) is 12.9. The average Bonchev–Trinajstić information content (AvgIpc) is 3.90. The molecule has 2 N–H and O–H groups in total. The van der Waals surface area contributed by atoms with Gasteiger partial charge in [-0.25, -0.2) is 22.5 Å². The number of piperidine rings is 1. The number of sulfonamides is 1. The maximum atomic E-state index is 15.1. The van der Waals surface area contributed by atoms with E-state index in [2.05, 4.69) is 25.1 Å². The maximum Gasteiger partial charge on any atom is 0.264 e. The van der Waals surface area contributed by atoms with Gasteiger partial charge in [-0.3, -0.25) is 4.79 Å². The first-order valence-electron chi connectivity index (χ1n) is 15.1. The van der Waals surface area contributed by atoms with Gasteiger partial charge in [0.05, 0.1) is 19.5 Å². The van der Waals surface area contributed by atoms with Crippen molar-refractivity contribution in [2.75, 3.05) is 4.90 Å². The van der Waals surface area contributed by atoms with Crippen molar-refractivity contribution in [3.8, 4) is 11.3 Å². The molecule has 9 nitrogen and oxygen atoms in total. The van der Waals surface area contributed by atoms with E-state index in [4.69, 9.17) is 27.7 Å². The van der Waals surface area contributed by atoms with E-state index < -0.39 is 26.5 Å². The Hall–Kier alpha value is -2.77. The van der Waals surface area contributed by atoms with Crippen LogP contribution in [0.2, 0.25) is 10.0 Å². The van der Waals surface area contributed by atoms with Crippen LogP contribution in [0.15, 0.2) is 34.9 Å². The molecule has 2 saturated heterocycles. The van der Waals surface area contributed by atoms with Crippen LogP contribution in [0.4, 0.5) is 9.52 Å². The maximum absolute atomic E-state index is 15.1. The van der Waals surface area contributed by atoms with E-state index in [0.29, 0.717) is 56.4 Å². The highest BCUT2D eigenvalue weighted by Gasteiger charge is 2.51. The molecule has 5 aliphatic rings. The number of amides is 1. The van der Waals surface area contributed by atoms with Gasteiger partial charge < -0.3 is 14.7 Å². The summed E-state index contributed by atoms with van der Waals surface area (Å²) in [6, 6.07) is 8.77. The molecule has 2 atom stereocenters. The SMILES string of the molecule is CC1(S(=O)(=O)NC(=O)c2cc(F)c3nc(N4C5CC(NCc6c(-c7c(Cl)cccc7Cl)noc6C6CC6)CC4C5)sc3c2)CC1. The number of rotatable bonds is 9. The van der Waals surface area contributed by atoms with Crippen molar-refractivity contribution in [3.63, 3.8) is 0 Å². The fraction of sp³-hybridized carbons (Fsp3) is 0.452. The summed E-state index contributed by atoms with van der Waals surface area (Å²) < 4.78 is 47.7. The topological polar surface area (TPSA) is 117 Å². The summed E-state index contributed by atoms with van der Waals surface area (Å²) in [7, 11) is -3.83. The van der Waals surface area contributed by atoms with Crippen LogP contribution in [-0.2, 0) is 16.6 Å². The van der Waals surface area contributed by atoms with Crippen molar-refractivity contribution in [1.29, 1.82) is 0 Å². The van der Waals surface area contributed by atoms with Crippen LogP contribution in [0.3, 0.4) is 0 Å². The van der Waals surface area contributed by atoms with E-state index in [9.17, 15) is 13.2 Å². The number of nitrogens with one attached hydrogen (secondary N) is 2. The quantitative estimate of drug-likeness (QED) is 0.197. The van der Waals surface area contributed by atoms with Crippen molar-refractivity contribution in [2.45, 2.75) is 87.2 Å². The predicted octanol–water partition coefficient (Wildman–Crippen LogP) is 6.79. The number of anilines is 1. The first-order chi connectivity index (χ1) is 21.5. The van der Waals surface area contributed by atoms with Crippen molar-refractivity contribution in [1.82, 2.24) is 20.2 Å². The summed E-state index contributed by atoms with van der Waals surface area (Å²) in [5.41, 5.74) is 2.53. The average molecular weight is 691 g/mol. The summed E-state index contributed by atoms with van der Waals surface area (Å²) in [5.74, 6) is -0.197. The second-order valence-corrected chi connectivity index (χ2v) is 17.0. The molecule has 2 bridgehead atoms. The van der Waals surface area contributed by atoms with Gasteiger partial charge >= 0.3 is 0 Å². The van der Waals surface area contributed by atoms with Crippen LogP contribution in [0.1, 0.15) is 79.5 Å². The molecule has 5 fully saturated rings. The number of aromatic nitrogens is 2. The van der Waals surface area contributed by atoms with Crippen molar-refractivity contribution in [2.24, 2.45) is 0 Å². The molecule has 4 heterocycles. The highest BCUT2D eigenvalue weighted by molar-refractivity contribution is 7.91. The Kier molecular flexibility index (Phi) is 7.00. The number of hydrogen-bond donors (Lipinski definition) is 2. The Balaban J connectivity index is 0.969. The molecule has 3 aliphatic carbocycles. The smallest absolute Gasteiger partial charge is 0.264 e. The minimum absolute atomic E-state index is 0.0344. The molecular formula is C31H30Cl2FN5O4S2. The zero-order valence-corrected chi connectivity index (χ0v) is 27.4. The fourth-order valence-corrected chi connectivity index (χ4v) is 9.63. The third-order valence-electron chi connectivity index (χ3n) is 9.73. The Morgan fingerprint density at radius 1 is 1.16 bits per heavy atom. The van der Waals surface area contributed by atoms with Gasteiger partial charge in [0.2, 0.25) is 10.0 Å². The van der Waals surface area contributed by atoms with Gasteiger partial charge in [-0.1, -0.05) is 45.8 Å². The number of thiazole rings is 1. The fourth-order valence-electron chi connectivity index (χ4n) is 6.65. The van der Waals surface area contributed by atoms with E-state index in [1.165, 1.54) is 17.4 Å². The van der Waals surface area contributed by atoms with Crippen LogP contribution in [0.25, 0.3) is 21.5 Å². The third kappa shape index (κ3) is 5.13. The van der Waals surface area contributed by atoms with Crippen LogP contribution in [0, 0.1) is 5.82 Å². The lowest BCUT2D eigenvalue weighted by atomic mass is 9.77. The summed E-state index contributed by atoms with van der Waals surface area (Å²) in [5, 5.41) is 9.92. The lowest BCUT2D eigenvalue weighted by Crippen LogP contribution is -2.64. The molecule has 9 rings (SSSR count). The first-order valence-corrected chi connectivity index (χ1v) is 18.2. The zero-order valence-electron chi connectivity index (χ0n) is 24.3. The number of halogens is 3. The molecule has 0 radical (unpaired) electrons. The number of carbonyl (C=O) groups excluding carboxylic acids is 1. The first kappa shape index (κ1) is 29.6. The molecule has 2 aromatic carbocycles. The van der Waals surface area contributed by atoms with Gasteiger partial charge in [-0.05, 0) is 76.1 Å². The number of benzene rings is 2. The molecule has 2 aromatic heterocycles. The van der Waals surface area contributed by atoms with Crippen molar-refractivity contribution >= 4 is 65.8 Å². The molecule has 236 valence electrons. The van der Waals surface area contributed by atoms with E-state index >= 15 is 4.39 Å². The highest BCUT2D eigenvalue weighted by Crippen LogP contribution is 2.48. The van der Waals surface area contributed by atoms with E-state index in [0.717, 1.165) is 49.5 Å². The normalized spacial score (nSPS) is 23.6. The van der Waals surface area contributed by atoms with Crippen molar-refractivity contribution < 1.29 is 22.1 Å². The minimum atomic E-state index is -3.83. The molecule has 1 amide bonds. The molecule has 0 spiro atoms. The van der Waals surface area contributed by atoms with Crippen LogP contribution in [-0.4, -0.2) is 47.3 Å². The van der Waals surface area contributed by atoms with E-state index in [-0.39, 0.29) is 29.2 Å². The van der Waals surface area contributed by atoms with Crippen LogP contribution in [0.5, 0.6) is 0 Å². The molecule has 3 saturated carbocycles. The Bertz CT molecular complexity index is 1940. The largest absolute Gasteiger partial charge is 0.360 e. The minimum Gasteiger partial charge on any atom is -0.360 e. The number of nitrogens with zero attached hydrogens (tertiary/aromatic N) is 3. The summed E-state index contributed by atoms with van der Waals surface area (Å²) in [6.07, 6.45) is 5.97. The summed E-state index contributed by atoms with van der Waals surface area (Å²) >= 11 is 14.4. The van der Waals surface area contributed by atoms with Gasteiger partial charge in [0.15, 0.2) is 10.9 Å².